The van der Waals surface area contributed by atoms with Crippen molar-refractivity contribution in [1.82, 2.24) is 20.5 Å². The number of likely N-dealkylation sites (tertiary alicyclic amines) is 1. The number of aliphatic hydroxyl groups is 1. The number of benzene rings is 4. The van der Waals surface area contributed by atoms with Gasteiger partial charge in [0.15, 0.2) is 6.61 Å². The van der Waals surface area contributed by atoms with E-state index in [1.807, 2.05) is 78.9 Å². The number of piperidine rings is 1. The summed E-state index contributed by atoms with van der Waals surface area (Å²) >= 11 is 0. The quantitative estimate of drug-likeness (QED) is 0.0668. The first-order valence-corrected chi connectivity index (χ1v) is 20.4. The highest BCUT2D eigenvalue weighted by Gasteiger charge is 2.31. The van der Waals surface area contributed by atoms with Crippen LogP contribution in [0.4, 0.5) is 10.5 Å². The molecule has 12 heteroatoms. The van der Waals surface area contributed by atoms with E-state index in [1.165, 1.54) is 12.1 Å². The molecule has 2 heterocycles. The van der Waals surface area contributed by atoms with E-state index in [0.717, 1.165) is 87.0 Å². The lowest BCUT2D eigenvalue weighted by Crippen LogP contribution is -2.47. The van der Waals surface area contributed by atoms with Crippen molar-refractivity contribution in [3.8, 4) is 22.6 Å². The number of pyridine rings is 1. The summed E-state index contributed by atoms with van der Waals surface area (Å²) in [4.78, 5) is 43.7. The zero-order valence-corrected chi connectivity index (χ0v) is 32.7. The van der Waals surface area contributed by atoms with Crippen molar-refractivity contribution in [2.45, 2.75) is 69.7 Å². The number of nitrogens with zero attached hydrogens (tertiary/aromatic N) is 2. The fourth-order valence-electron chi connectivity index (χ4n) is 8.50. The predicted molar refractivity (Wildman–Crippen MR) is 225 cm³/mol. The number of H-pyrrole nitrogens is 1. The molecule has 1 atom stereocenters. The lowest BCUT2D eigenvalue weighted by Gasteiger charge is -2.38. The summed E-state index contributed by atoms with van der Waals surface area (Å²) in [6, 6.07) is 31.4. The number of hydrogen-bond donors (Lipinski definition) is 6. The second-order valence-electron chi connectivity index (χ2n) is 15.5. The molecule has 1 saturated heterocycles. The summed E-state index contributed by atoms with van der Waals surface area (Å²) in [6.07, 6.45) is 5.00. The van der Waals surface area contributed by atoms with Crippen LogP contribution in [0.25, 0.3) is 22.0 Å². The van der Waals surface area contributed by atoms with Crippen molar-refractivity contribution in [3.05, 3.63) is 125 Å². The lowest BCUT2D eigenvalue weighted by atomic mass is 9.84. The molecule has 1 saturated carbocycles. The van der Waals surface area contributed by atoms with E-state index in [4.69, 9.17) is 4.74 Å². The van der Waals surface area contributed by atoms with Crippen molar-refractivity contribution < 1.29 is 29.6 Å². The summed E-state index contributed by atoms with van der Waals surface area (Å²) in [5, 5.41) is 38.2. The van der Waals surface area contributed by atoms with Gasteiger partial charge >= 0.3 is 6.09 Å². The van der Waals surface area contributed by atoms with Gasteiger partial charge in [-0.25, -0.2) is 4.79 Å². The van der Waals surface area contributed by atoms with Gasteiger partial charge in [0.05, 0.1) is 17.3 Å². The van der Waals surface area contributed by atoms with Gasteiger partial charge in [-0.1, -0.05) is 66.7 Å². The number of carbonyl (C=O) groups is 2. The Morgan fingerprint density at radius 3 is 2.33 bits per heavy atom. The van der Waals surface area contributed by atoms with Gasteiger partial charge in [0, 0.05) is 55.3 Å². The van der Waals surface area contributed by atoms with Crippen LogP contribution >= 0.6 is 0 Å². The number of aromatic hydroxyl groups is 1. The van der Waals surface area contributed by atoms with Crippen LogP contribution in [0.3, 0.4) is 0 Å². The standard InChI is InChI=1S/C46H53N5O7/c52-41-20-18-38(39-19-21-43(54)49-45(39)41)42(53)29-47-28-32-12-16-36(17-13-32)58-30-44(55)48-34-14-10-31(11-15-34)22-25-50-26-23-35(24-27-50)51(46(56)57)40-9-5-4-8-37(40)33-6-2-1-3-7-33/h1-9,12-13,16-21,31,34-35,42,47,52-53H,10-11,14-15,22-30H2,(H,48,55)(H,49,54)(H,56,57)/t31?,34?,42-/m0/s1. The van der Waals surface area contributed by atoms with Crippen LogP contribution in [0.5, 0.6) is 11.5 Å². The number of carbonyl (C=O) groups excluding carboxylic acids is 1. The number of ether oxygens (including phenoxy) is 1. The van der Waals surface area contributed by atoms with Crippen LogP contribution in [0, 0.1) is 5.92 Å². The van der Waals surface area contributed by atoms with Gasteiger partial charge in [-0.3, -0.25) is 14.5 Å². The van der Waals surface area contributed by atoms with Crippen LogP contribution in [-0.2, 0) is 11.3 Å². The molecule has 0 bridgehead atoms. The number of aliphatic hydroxyl groups excluding tert-OH is 1. The first-order chi connectivity index (χ1) is 28.2. The van der Waals surface area contributed by atoms with E-state index in [2.05, 4.69) is 20.5 Å². The van der Waals surface area contributed by atoms with Gasteiger partial charge in [0.2, 0.25) is 5.56 Å². The zero-order valence-electron chi connectivity index (χ0n) is 32.7. The SMILES string of the molecule is O=C(COc1ccc(CNC[C@H](O)c2ccc(O)c3[nH]c(=O)ccc23)cc1)NC1CCC(CCN2CCC(N(C(=O)O)c3ccccc3-c3ccccc3)CC2)CC1. The largest absolute Gasteiger partial charge is 0.506 e. The number of amides is 2. The van der Waals surface area contributed by atoms with E-state index in [-0.39, 0.29) is 42.5 Å². The number of phenols is 1. The fraction of sp³-hybridized carbons (Fsp3) is 0.370. The molecular weight excluding hydrogens is 735 g/mol. The van der Waals surface area contributed by atoms with Crippen molar-refractivity contribution >= 4 is 28.6 Å². The third-order valence-corrected chi connectivity index (χ3v) is 11.7. The van der Waals surface area contributed by atoms with Crippen LogP contribution < -0.4 is 25.8 Å². The van der Waals surface area contributed by atoms with Gasteiger partial charge in [0.25, 0.3) is 5.91 Å². The maximum absolute atomic E-state index is 12.8. The number of rotatable bonds is 15. The molecule has 58 heavy (non-hydrogen) atoms. The smallest absolute Gasteiger partial charge is 0.412 e. The molecule has 0 unspecified atom stereocenters. The van der Waals surface area contributed by atoms with Crippen molar-refractivity contribution in [3.63, 3.8) is 0 Å². The molecule has 4 aromatic carbocycles. The number of nitrogens with one attached hydrogen (secondary N) is 3. The first kappa shape index (κ1) is 40.5. The Hall–Kier alpha value is -5.69. The number of anilines is 1. The van der Waals surface area contributed by atoms with Crippen LogP contribution in [0.2, 0.25) is 0 Å². The molecule has 7 rings (SSSR count). The Bertz CT molecular complexity index is 2200. The number of hydrogen-bond acceptors (Lipinski definition) is 8. The first-order valence-electron chi connectivity index (χ1n) is 20.4. The molecule has 6 N–H and O–H groups in total. The summed E-state index contributed by atoms with van der Waals surface area (Å²) in [7, 11) is 0. The molecule has 1 aromatic heterocycles. The molecule has 2 aliphatic rings. The van der Waals surface area contributed by atoms with E-state index in [0.29, 0.717) is 34.7 Å². The molecule has 1 aliphatic carbocycles. The van der Waals surface area contributed by atoms with Crippen LogP contribution in [0.15, 0.2) is 108 Å². The summed E-state index contributed by atoms with van der Waals surface area (Å²) in [5.41, 5.74) is 4.24. The summed E-state index contributed by atoms with van der Waals surface area (Å²) in [5.74, 6) is 1.04. The molecule has 5 aromatic rings. The molecule has 2 amide bonds. The van der Waals surface area contributed by atoms with Gasteiger partial charge in [-0.15, -0.1) is 0 Å². The number of aromatic amines is 1. The second-order valence-corrected chi connectivity index (χ2v) is 15.5. The van der Waals surface area contributed by atoms with E-state index in [1.54, 1.807) is 17.0 Å². The fourth-order valence-corrected chi connectivity index (χ4v) is 8.50. The van der Waals surface area contributed by atoms with Crippen molar-refractivity contribution in [2.75, 3.05) is 37.7 Å². The van der Waals surface area contributed by atoms with Crippen molar-refractivity contribution in [2.24, 2.45) is 5.92 Å². The monoisotopic (exact) mass is 787 g/mol. The second kappa shape index (κ2) is 19.2. The molecule has 1 aliphatic heterocycles. The average molecular weight is 788 g/mol. The van der Waals surface area contributed by atoms with Gasteiger partial charge in [-0.05, 0) is 104 Å². The molecular formula is C46H53N5O7. The summed E-state index contributed by atoms with van der Waals surface area (Å²) < 4.78 is 5.78. The van der Waals surface area contributed by atoms with Crippen molar-refractivity contribution in [1.29, 1.82) is 0 Å². The zero-order chi connectivity index (χ0) is 40.4. The highest BCUT2D eigenvalue weighted by atomic mass is 16.5. The molecule has 2 fully saturated rings. The third kappa shape index (κ3) is 10.2. The minimum absolute atomic E-state index is 0.0497. The number of para-hydroxylation sites is 1. The summed E-state index contributed by atoms with van der Waals surface area (Å²) in [6.45, 7) is 3.48. The van der Waals surface area contributed by atoms with Gasteiger partial charge in [-0.2, -0.15) is 0 Å². The normalized spacial score (nSPS) is 18.1. The molecule has 12 nitrogen and oxygen atoms in total. The number of aromatic nitrogens is 1. The highest BCUT2D eigenvalue weighted by Crippen LogP contribution is 2.35. The maximum atomic E-state index is 12.8. The highest BCUT2D eigenvalue weighted by molar-refractivity contribution is 5.93. The lowest BCUT2D eigenvalue weighted by molar-refractivity contribution is -0.124. The molecule has 304 valence electrons. The van der Waals surface area contributed by atoms with Gasteiger partial charge in [0.1, 0.15) is 11.5 Å². The Morgan fingerprint density at radius 1 is 0.862 bits per heavy atom. The van der Waals surface area contributed by atoms with Gasteiger partial charge < -0.3 is 40.6 Å². The number of carboxylic acid groups (broad SMARTS) is 1. The predicted octanol–water partition coefficient (Wildman–Crippen LogP) is 6.82. The Morgan fingerprint density at radius 2 is 1.59 bits per heavy atom. The Labute approximate surface area is 338 Å². The molecule has 0 spiro atoms. The Balaban J connectivity index is 0.779. The minimum atomic E-state index is -0.907. The van der Waals surface area contributed by atoms with E-state index in [9.17, 15) is 29.7 Å². The van der Waals surface area contributed by atoms with E-state index >= 15 is 0 Å². The number of phenolic OH excluding ortho intramolecular Hbond substituents is 1. The topological polar surface area (TPSA) is 167 Å². The average Bonchev–Trinajstić information content (AvgIpc) is 3.24. The maximum Gasteiger partial charge on any atom is 0.412 e. The third-order valence-electron chi connectivity index (χ3n) is 11.7. The Kier molecular flexibility index (Phi) is 13.4. The van der Waals surface area contributed by atoms with Crippen LogP contribution in [-0.4, -0.2) is 82.1 Å². The minimum Gasteiger partial charge on any atom is -0.506 e. The number of fused-ring (bicyclic) bond motifs is 1. The molecule has 0 radical (unpaired) electrons. The van der Waals surface area contributed by atoms with Crippen LogP contribution in [0.1, 0.15) is 62.2 Å². The van der Waals surface area contributed by atoms with E-state index < -0.39 is 12.2 Å².